The molecule has 0 spiro atoms. The Bertz CT molecular complexity index is 535. The number of fused-ring (bicyclic) bond motifs is 1. The predicted octanol–water partition coefficient (Wildman–Crippen LogP) is 3.35. The zero-order valence-electron chi connectivity index (χ0n) is 12.0. The second-order valence-corrected chi connectivity index (χ2v) is 6.81. The van der Waals surface area contributed by atoms with Crippen molar-refractivity contribution in [2.45, 2.75) is 25.3 Å². The van der Waals surface area contributed by atoms with E-state index in [-0.39, 0.29) is 5.78 Å². The Morgan fingerprint density at radius 2 is 2.00 bits per heavy atom. The maximum atomic E-state index is 12.5. The van der Waals surface area contributed by atoms with Crippen molar-refractivity contribution in [2.75, 3.05) is 32.7 Å². The monoisotopic (exact) mass is 326 g/mol. The fourth-order valence-electron chi connectivity index (χ4n) is 3.43. The van der Waals surface area contributed by atoms with E-state index in [0.29, 0.717) is 28.2 Å². The SMILES string of the molecule is O=C(CN1CCCN2CCCC2C1)c1cc(Cl)ccc1Cl. The first kappa shape index (κ1) is 15.3. The van der Waals surface area contributed by atoms with Crippen LogP contribution in [-0.4, -0.2) is 54.3 Å². The lowest BCUT2D eigenvalue weighted by atomic mass is 10.1. The molecule has 0 aliphatic carbocycles. The molecular formula is C16H20Cl2N2O. The summed E-state index contributed by atoms with van der Waals surface area (Å²) in [6, 6.07) is 5.70. The molecule has 2 aliphatic heterocycles. The van der Waals surface area contributed by atoms with Gasteiger partial charge in [0.1, 0.15) is 0 Å². The van der Waals surface area contributed by atoms with Crippen LogP contribution in [0.25, 0.3) is 0 Å². The molecule has 0 aromatic heterocycles. The lowest BCUT2D eigenvalue weighted by Gasteiger charge is -2.25. The van der Waals surface area contributed by atoms with E-state index >= 15 is 0 Å². The highest BCUT2D eigenvalue weighted by atomic mass is 35.5. The Balaban J connectivity index is 1.67. The fraction of sp³-hybridized carbons (Fsp3) is 0.562. The number of nitrogens with zero attached hydrogens (tertiary/aromatic N) is 2. The molecule has 114 valence electrons. The fourth-order valence-corrected chi connectivity index (χ4v) is 3.82. The van der Waals surface area contributed by atoms with Crippen molar-refractivity contribution in [3.05, 3.63) is 33.8 Å². The van der Waals surface area contributed by atoms with Crippen molar-refractivity contribution >= 4 is 29.0 Å². The quantitative estimate of drug-likeness (QED) is 0.796. The standard InChI is InChI=1S/C16H20Cl2N2O/c17-12-4-5-15(18)14(9-12)16(21)11-19-6-2-8-20-7-1-3-13(20)10-19/h4-5,9,13H,1-3,6-8,10-11H2. The third kappa shape index (κ3) is 3.59. The van der Waals surface area contributed by atoms with Gasteiger partial charge in [-0.3, -0.25) is 14.6 Å². The highest BCUT2D eigenvalue weighted by Gasteiger charge is 2.29. The van der Waals surface area contributed by atoms with E-state index in [1.807, 2.05) is 0 Å². The molecule has 0 saturated carbocycles. The number of halogens is 2. The molecule has 1 unspecified atom stereocenters. The normalized spacial score (nSPS) is 23.8. The summed E-state index contributed by atoms with van der Waals surface area (Å²) < 4.78 is 0. The first-order valence-corrected chi connectivity index (χ1v) is 8.34. The molecule has 2 fully saturated rings. The number of carbonyl (C=O) groups excluding carboxylic acids is 1. The molecule has 2 heterocycles. The second kappa shape index (κ2) is 6.66. The molecule has 3 rings (SSSR count). The summed E-state index contributed by atoms with van der Waals surface area (Å²) in [5.41, 5.74) is 0.539. The van der Waals surface area contributed by atoms with Crippen molar-refractivity contribution in [3.8, 4) is 0 Å². The number of hydrogen-bond donors (Lipinski definition) is 0. The Labute approximate surface area is 135 Å². The summed E-state index contributed by atoms with van der Waals surface area (Å²) in [5.74, 6) is 0.0638. The van der Waals surface area contributed by atoms with Gasteiger partial charge in [0.05, 0.1) is 11.6 Å². The first-order valence-electron chi connectivity index (χ1n) is 7.58. The maximum Gasteiger partial charge on any atom is 0.178 e. The lowest BCUT2D eigenvalue weighted by molar-refractivity contribution is 0.0925. The summed E-state index contributed by atoms with van der Waals surface area (Å²) in [6.45, 7) is 4.78. The minimum absolute atomic E-state index is 0.0638. The van der Waals surface area contributed by atoms with Crippen molar-refractivity contribution in [2.24, 2.45) is 0 Å². The number of rotatable bonds is 3. The van der Waals surface area contributed by atoms with Crippen LogP contribution >= 0.6 is 23.2 Å². The molecule has 0 N–H and O–H groups in total. The molecule has 0 bridgehead atoms. The Kier molecular flexibility index (Phi) is 4.85. The van der Waals surface area contributed by atoms with E-state index in [1.54, 1.807) is 18.2 Å². The van der Waals surface area contributed by atoms with E-state index in [0.717, 1.165) is 26.1 Å². The minimum atomic E-state index is 0.0638. The van der Waals surface area contributed by atoms with Crippen LogP contribution in [0.3, 0.4) is 0 Å². The minimum Gasteiger partial charge on any atom is -0.299 e. The van der Waals surface area contributed by atoms with E-state index in [2.05, 4.69) is 9.80 Å². The van der Waals surface area contributed by atoms with Crippen molar-refractivity contribution in [1.29, 1.82) is 0 Å². The van der Waals surface area contributed by atoms with Crippen molar-refractivity contribution in [1.82, 2.24) is 9.80 Å². The van der Waals surface area contributed by atoms with Crippen LogP contribution < -0.4 is 0 Å². The molecule has 1 atom stereocenters. The van der Waals surface area contributed by atoms with Crippen LogP contribution in [0.1, 0.15) is 29.6 Å². The smallest absolute Gasteiger partial charge is 0.178 e. The van der Waals surface area contributed by atoms with Crippen LogP contribution in [0.4, 0.5) is 0 Å². The van der Waals surface area contributed by atoms with Crippen LogP contribution in [0.15, 0.2) is 18.2 Å². The van der Waals surface area contributed by atoms with Gasteiger partial charge in [-0.25, -0.2) is 0 Å². The number of ketones is 1. The zero-order valence-corrected chi connectivity index (χ0v) is 13.5. The summed E-state index contributed by atoms with van der Waals surface area (Å²) in [7, 11) is 0. The summed E-state index contributed by atoms with van der Waals surface area (Å²) in [6.07, 6.45) is 3.67. The number of benzene rings is 1. The van der Waals surface area contributed by atoms with E-state index in [1.165, 1.54) is 19.4 Å². The van der Waals surface area contributed by atoms with Gasteiger partial charge in [-0.15, -0.1) is 0 Å². The molecule has 0 radical (unpaired) electrons. The van der Waals surface area contributed by atoms with E-state index in [4.69, 9.17) is 23.2 Å². The Morgan fingerprint density at radius 3 is 2.86 bits per heavy atom. The molecule has 1 aromatic carbocycles. The van der Waals surface area contributed by atoms with Gasteiger partial charge in [0.15, 0.2) is 5.78 Å². The van der Waals surface area contributed by atoms with Crippen LogP contribution in [0, 0.1) is 0 Å². The van der Waals surface area contributed by atoms with E-state index < -0.39 is 0 Å². The predicted molar refractivity (Wildman–Crippen MR) is 86.4 cm³/mol. The lowest BCUT2D eigenvalue weighted by Crippen LogP contribution is -2.38. The molecule has 0 amide bonds. The molecule has 2 saturated heterocycles. The third-order valence-electron chi connectivity index (χ3n) is 4.48. The average molecular weight is 327 g/mol. The molecule has 21 heavy (non-hydrogen) atoms. The Morgan fingerprint density at radius 1 is 1.19 bits per heavy atom. The zero-order chi connectivity index (χ0) is 14.8. The number of hydrogen-bond acceptors (Lipinski definition) is 3. The maximum absolute atomic E-state index is 12.5. The van der Waals surface area contributed by atoms with Gasteiger partial charge in [-0.1, -0.05) is 23.2 Å². The Hall–Kier alpha value is -0.610. The van der Waals surface area contributed by atoms with Gasteiger partial charge in [-0.2, -0.15) is 0 Å². The summed E-state index contributed by atoms with van der Waals surface area (Å²) >= 11 is 12.1. The van der Waals surface area contributed by atoms with Gasteiger partial charge < -0.3 is 0 Å². The molecular weight excluding hydrogens is 307 g/mol. The number of carbonyl (C=O) groups is 1. The molecule has 3 nitrogen and oxygen atoms in total. The molecule has 5 heteroatoms. The summed E-state index contributed by atoms with van der Waals surface area (Å²) in [5, 5.41) is 1.04. The summed E-state index contributed by atoms with van der Waals surface area (Å²) in [4.78, 5) is 17.3. The van der Waals surface area contributed by atoms with Gasteiger partial charge >= 0.3 is 0 Å². The second-order valence-electron chi connectivity index (χ2n) is 5.97. The third-order valence-corrected chi connectivity index (χ3v) is 5.05. The highest BCUT2D eigenvalue weighted by Crippen LogP contribution is 2.24. The average Bonchev–Trinajstić information content (AvgIpc) is 2.80. The van der Waals surface area contributed by atoms with Gasteiger partial charge in [0, 0.05) is 23.2 Å². The topological polar surface area (TPSA) is 23.6 Å². The molecule has 2 aliphatic rings. The van der Waals surface area contributed by atoms with E-state index in [9.17, 15) is 4.79 Å². The first-order chi connectivity index (χ1) is 10.1. The van der Waals surface area contributed by atoms with Gasteiger partial charge in [0.25, 0.3) is 0 Å². The largest absolute Gasteiger partial charge is 0.299 e. The highest BCUT2D eigenvalue weighted by molar-refractivity contribution is 6.36. The molecule has 1 aromatic rings. The van der Waals surface area contributed by atoms with Crippen molar-refractivity contribution in [3.63, 3.8) is 0 Å². The van der Waals surface area contributed by atoms with Crippen LogP contribution in [0.2, 0.25) is 10.0 Å². The number of Topliss-reactive ketones (excluding diaryl/α,β-unsaturated/α-hetero) is 1. The van der Waals surface area contributed by atoms with Gasteiger partial charge in [0.2, 0.25) is 0 Å². The van der Waals surface area contributed by atoms with Crippen LogP contribution in [0.5, 0.6) is 0 Å². The van der Waals surface area contributed by atoms with Crippen LogP contribution in [-0.2, 0) is 0 Å². The van der Waals surface area contributed by atoms with Crippen molar-refractivity contribution < 1.29 is 4.79 Å². The van der Waals surface area contributed by atoms with Gasteiger partial charge in [-0.05, 0) is 57.1 Å².